The SMILES string of the molecule is CCCOc1ccc2nc(-c3ccc(NC)cc3)ccc2c1. The minimum atomic E-state index is 0.745. The summed E-state index contributed by atoms with van der Waals surface area (Å²) in [5, 5.41) is 4.23. The number of hydrogen-bond donors (Lipinski definition) is 1. The number of nitrogens with one attached hydrogen (secondary N) is 1. The summed E-state index contributed by atoms with van der Waals surface area (Å²) in [5.74, 6) is 0.905. The van der Waals surface area contributed by atoms with Gasteiger partial charge in [-0.2, -0.15) is 0 Å². The number of aromatic nitrogens is 1. The maximum Gasteiger partial charge on any atom is 0.120 e. The van der Waals surface area contributed by atoms with Gasteiger partial charge in [0.05, 0.1) is 17.8 Å². The van der Waals surface area contributed by atoms with E-state index in [1.807, 2.05) is 25.2 Å². The van der Waals surface area contributed by atoms with Crippen LogP contribution in [0.25, 0.3) is 22.2 Å². The van der Waals surface area contributed by atoms with Gasteiger partial charge in [0, 0.05) is 23.7 Å². The highest BCUT2D eigenvalue weighted by Crippen LogP contribution is 2.25. The van der Waals surface area contributed by atoms with Gasteiger partial charge in [-0.25, -0.2) is 4.98 Å². The first-order chi connectivity index (χ1) is 10.8. The van der Waals surface area contributed by atoms with Gasteiger partial charge in [-0.3, -0.25) is 0 Å². The Hall–Kier alpha value is -2.55. The van der Waals surface area contributed by atoms with Gasteiger partial charge in [0.25, 0.3) is 0 Å². The van der Waals surface area contributed by atoms with Crippen molar-refractivity contribution >= 4 is 16.6 Å². The van der Waals surface area contributed by atoms with Gasteiger partial charge in [0.1, 0.15) is 5.75 Å². The molecule has 0 saturated heterocycles. The summed E-state index contributed by atoms with van der Waals surface area (Å²) >= 11 is 0. The molecule has 3 heteroatoms. The molecule has 3 aromatic rings. The van der Waals surface area contributed by atoms with Crippen LogP contribution in [0.1, 0.15) is 13.3 Å². The number of ether oxygens (including phenoxy) is 1. The monoisotopic (exact) mass is 292 g/mol. The Morgan fingerprint density at radius 3 is 2.55 bits per heavy atom. The Morgan fingerprint density at radius 1 is 1.00 bits per heavy atom. The molecular weight excluding hydrogens is 272 g/mol. The van der Waals surface area contributed by atoms with E-state index >= 15 is 0 Å². The van der Waals surface area contributed by atoms with Crippen LogP contribution in [0.15, 0.2) is 54.6 Å². The summed E-state index contributed by atoms with van der Waals surface area (Å²) < 4.78 is 5.67. The van der Waals surface area contributed by atoms with E-state index in [9.17, 15) is 0 Å². The van der Waals surface area contributed by atoms with Crippen molar-refractivity contribution in [3.05, 3.63) is 54.6 Å². The molecular formula is C19H20N2O. The van der Waals surface area contributed by atoms with Crippen molar-refractivity contribution in [2.75, 3.05) is 19.0 Å². The Bertz CT molecular complexity index is 766. The summed E-state index contributed by atoms with van der Waals surface area (Å²) in [5.41, 5.74) is 4.19. The molecule has 0 unspecified atom stereocenters. The highest BCUT2D eigenvalue weighted by atomic mass is 16.5. The molecule has 3 rings (SSSR count). The molecule has 0 atom stereocenters. The number of benzene rings is 2. The largest absolute Gasteiger partial charge is 0.494 e. The third-order valence-electron chi connectivity index (χ3n) is 3.60. The van der Waals surface area contributed by atoms with Crippen molar-refractivity contribution in [3.8, 4) is 17.0 Å². The molecule has 0 saturated carbocycles. The summed E-state index contributed by atoms with van der Waals surface area (Å²) in [6, 6.07) is 18.5. The highest BCUT2D eigenvalue weighted by molar-refractivity contribution is 5.83. The number of fused-ring (bicyclic) bond motifs is 1. The average molecular weight is 292 g/mol. The smallest absolute Gasteiger partial charge is 0.120 e. The molecule has 0 aliphatic carbocycles. The molecule has 1 N–H and O–H groups in total. The van der Waals surface area contributed by atoms with Crippen molar-refractivity contribution < 1.29 is 4.74 Å². The van der Waals surface area contributed by atoms with Crippen LogP contribution in [0.4, 0.5) is 5.69 Å². The van der Waals surface area contributed by atoms with Crippen molar-refractivity contribution in [2.45, 2.75) is 13.3 Å². The fraction of sp³-hybridized carbons (Fsp3) is 0.211. The normalized spacial score (nSPS) is 10.6. The molecule has 22 heavy (non-hydrogen) atoms. The van der Waals surface area contributed by atoms with Crippen molar-refractivity contribution in [3.63, 3.8) is 0 Å². The number of hydrogen-bond acceptors (Lipinski definition) is 3. The molecule has 3 nitrogen and oxygen atoms in total. The lowest BCUT2D eigenvalue weighted by atomic mass is 10.1. The molecule has 0 fully saturated rings. The molecule has 1 heterocycles. The van der Waals surface area contributed by atoms with E-state index < -0.39 is 0 Å². The lowest BCUT2D eigenvalue weighted by Crippen LogP contribution is -1.95. The molecule has 0 aliphatic rings. The Balaban J connectivity index is 1.91. The lowest BCUT2D eigenvalue weighted by Gasteiger charge is -2.07. The van der Waals surface area contributed by atoms with Crippen LogP contribution < -0.4 is 10.1 Å². The second-order valence-corrected chi connectivity index (χ2v) is 5.23. The van der Waals surface area contributed by atoms with Gasteiger partial charge in [-0.1, -0.05) is 25.1 Å². The average Bonchev–Trinajstić information content (AvgIpc) is 2.59. The molecule has 112 valence electrons. The zero-order chi connectivity index (χ0) is 15.4. The van der Waals surface area contributed by atoms with E-state index in [0.29, 0.717) is 0 Å². The van der Waals surface area contributed by atoms with Crippen LogP contribution in [-0.2, 0) is 0 Å². The minimum absolute atomic E-state index is 0.745. The number of anilines is 1. The van der Waals surface area contributed by atoms with Gasteiger partial charge in [-0.05, 0) is 42.8 Å². The van der Waals surface area contributed by atoms with Crippen LogP contribution >= 0.6 is 0 Å². The summed E-state index contributed by atoms with van der Waals surface area (Å²) in [6.45, 7) is 2.85. The minimum Gasteiger partial charge on any atom is -0.494 e. The van der Waals surface area contributed by atoms with Gasteiger partial charge in [0.15, 0.2) is 0 Å². The fourth-order valence-corrected chi connectivity index (χ4v) is 2.38. The third-order valence-corrected chi connectivity index (χ3v) is 3.60. The standard InChI is InChI=1S/C19H20N2O/c1-3-12-22-17-9-11-19-15(13-17)6-10-18(21-19)14-4-7-16(20-2)8-5-14/h4-11,13,20H,3,12H2,1-2H3. The van der Waals surface area contributed by atoms with Crippen molar-refractivity contribution in [2.24, 2.45) is 0 Å². The van der Waals surface area contributed by atoms with E-state index in [1.165, 1.54) is 0 Å². The molecule has 0 bridgehead atoms. The van der Waals surface area contributed by atoms with Crippen molar-refractivity contribution in [1.29, 1.82) is 0 Å². The van der Waals surface area contributed by atoms with Crippen LogP contribution in [0.2, 0.25) is 0 Å². The number of rotatable bonds is 5. The van der Waals surface area contributed by atoms with Crippen LogP contribution in [0.3, 0.4) is 0 Å². The third kappa shape index (κ3) is 3.03. The highest BCUT2D eigenvalue weighted by Gasteiger charge is 2.03. The van der Waals surface area contributed by atoms with Crippen LogP contribution in [0, 0.1) is 0 Å². The van der Waals surface area contributed by atoms with Gasteiger partial charge in [-0.15, -0.1) is 0 Å². The predicted octanol–water partition coefficient (Wildman–Crippen LogP) is 4.73. The van der Waals surface area contributed by atoms with E-state index in [0.717, 1.165) is 46.6 Å². The Labute approximate surface area is 131 Å². The predicted molar refractivity (Wildman–Crippen MR) is 92.5 cm³/mol. The van der Waals surface area contributed by atoms with Gasteiger partial charge in [0.2, 0.25) is 0 Å². The molecule has 0 aliphatic heterocycles. The summed E-state index contributed by atoms with van der Waals surface area (Å²) in [4.78, 5) is 4.75. The zero-order valence-electron chi connectivity index (χ0n) is 13.0. The first kappa shape index (κ1) is 14.4. The summed E-state index contributed by atoms with van der Waals surface area (Å²) in [7, 11) is 1.92. The van der Waals surface area contributed by atoms with Gasteiger partial charge < -0.3 is 10.1 Å². The second kappa shape index (κ2) is 6.48. The van der Waals surface area contributed by atoms with E-state index in [2.05, 4.69) is 48.6 Å². The Morgan fingerprint density at radius 2 is 1.82 bits per heavy atom. The zero-order valence-corrected chi connectivity index (χ0v) is 13.0. The van der Waals surface area contributed by atoms with E-state index in [1.54, 1.807) is 0 Å². The fourth-order valence-electron chi connectivity index (χ4n) is 2.38. The second-order valence-electron chi connectivity index (χ2n) is 5.23. The molecule has 1 aromatic heterocycles. The topological polar surface area (TPSA) is 34.1 Å². The van der Waals surface area contributed by atoms with Crippen LogP contribution in [0.5, 0.6) is 5.75 Å². The Kier molecular flexibility index (Phi) is 4.24. The van der Waals surface area contributed by atoms with Crippen LogP contribution in [-0.4, -0.2) is 18.6 Å². The van der Waals surface area contributed by atoms with E-state index in [4.69, 9.17) is 9.72 Å². The summed E-state index contributed by atoms with van der Waals surface area (Å²) in [6.07, 6.45) is 1.01. The molecule has 0 spiro atoms. The number of pyridine rings is 1. The van der Waals surface area contributed by atoms with Gasteiger partial charge >= 0.3 is 0 Å². The van der Waals surface area contributed by atoms with Crippen molar-refractivity contribution in [1.82, 2.24) is 4.98 Å². The molecule has 0 radical (unpaired) electrons. The number of nitrogens with zero attached hydrogens (tertiary/aromatic N) is 1. The maximum absolute atomic E-state index is 5.67. The lowest BCUT2D eigenvalue weighted by molar-refractivity contribution is 0.318. The first-order valence-electron chi connectivity index (χ1n) is 7.62. The molecule has 0 amide bonds. The molecule has 2 aromatic carbocycles. The van der Waals surface area contributed by atoms with E-state index in [-0.39, 0.29) is 0 Å². The first-order valence-corrected chi connectivity index (χ1v) is 7.62. The quantitative estimate of drug-likeness (QED) is 0.738. The maximum atomic E-state index is 5.67.